The molecule has 1 rings (SSSR count). The summed E-state index contributed by atoms with van der Waals surface area (Å²) >= 11 is 0. The van der Waals surface area contributed by atoms with E-state index in [1.807, 2.05) is 6.07 Å². The van der Waals surface area contributed by atoms with Crippen LogP contribution < -0.4 is 4.74 Å². The van der Waals surface area contributed by atoms with E-state index in [0.717, 1.165) is 12.0 Å². The zero-order valence-electron chi connectivity index (χ0n) is 9.53. The van der Waals surface area contributed by atoms with E-state index in [4.69, 9.17) is 9.84 Å². The average molecular weight is 224 g/mol. The van der Waals surface area contributed by atoms with Crippen molar-refractivity contribution in [2.24, 2.45) is 0 Å². The van der Waals surface area contributed by atoms with Gasteiger partial charge in [-0.05, 0) is 30.5 Å². The Morgan fingerprint density at radius 2 is 2.12 bits per heavy atom. The smallest absolute Gasteiger partial charge is 0.341 e. The van der Waals surface area contributed by atoms with Gasteiger partial charge in [-0.2, -0.15) is 0 Å². The van der Waals surface area contributed by atoms with E-state index in [0.29, 0.717) is 17.7 Å². The topological polar surface area (TPSA) is 55.8 Å². The Bertz CT molecular complexity index is 360. The Kier molecular flexibility index (Phi) is 4.79. The largest absolute Gasteiger partial charge is 0.496 e. The molecule has 0 aliphatic heterocycles. The molecule has 0 radical (unpaired) electrons. The van der Waals surface area contributed by atoms with Crippen molar-refractivity contribution >= 4 is 5.97 Å². The number of esters is 1. The molecule has 0 saturated heterocycles. The van der Waals surface area contributed by atoms with Gasteiger partial charge in [-0.15, -0.1) is 0 Å². The van der Waals surface area contributed by atoms with Crippen LogP contribution in [0, 0.1) is 0 Å². The van der Waals surface area contributed by atoms with Crippen molar-refractivity contribution in [1.29, 1.82) is 0 Å². The second-order valence-corrected chi connectivity index (χ2v) is 3.35. The van der Waals surface area contributed by atoms with Crippen LogP contribution in [0.4, 0.5) is 0 Å². The normalized spacial score (nSPS) is 9.94. The molecule has 4 heteroatoms. The number of aliphatic hydroxyl groups is 1. The fraction of sp³-hybridized carbons (Fsp3) is 0.417. The van der Waals surface area contributed by atoms with Gasteiger partial charge in [-0.3, -0.25) is 0 Å². The summed E-state index contributed by atoms with van der Waals surface area (Å²) in [5.74, 6) is 0.0855. The van der Waals surface area contributed by atoms with Gasteiger partial charge in [0.1, 0.15) is 11.3 Å². The van der Waals surface area contributed by atoms with Gasteiger partial charge in [-0.1, -0.05) is 6.07 Å². The SMILES string of the molecule is COC(=O)c1cc(CCCO)ccc1OC. The van der Waals surface area contributed by atoms with Gasteiger partial charge in [0, 0.05) is 6.61 Å². The van der Waals surface area contributed by atoms with E-state index in [1.54, 1.807) is 12.1 Å². The monoisotopic (exact) mass is 224 g/mol. The maximum absolute atomic E-state index is 11.5. The van der Waals surface area contributed by atoms with Gasteiger partial charge >= 0.3 is 5.97 Å². The first-order valence-electron chi connectivity index (χ1n) is 5.09. The first-order valence-corrected chi connectivity index (χ1v) is 5.09. The van der Waals surface area contributed by atoms with Crippen molar-refractivity contribution in [3.63, 3.8) is 0 Å². The minimum Gasteiger partial charge on any atom is -0.496 e. The molecule has 0 spiro atoms. The molecule has 88 valence electrons. The molecule has 0 amide bonds. The van der Waals surface area contributed by atoms with Crippen LogP contribution in [-0.2, 0) is 11.2 Å². The van der Waals surface area contributed by atoms with Crippen LogP contribution in [0.5, 0.6) is 5.75 Å². The second-order valence-electron chi connectivity index (χ2n) is 3.35. The quantitative estimate of drug-likeness (QED) is 0.768. The molecule has 4 nitrogen and oxygen atoms in total. The van der Waals surface area contributed by atoms with Crippen LogP contribution in [0.15, 0.2) is 18.2 Å². The third-order valence-electron chi connectivity index (χ3n) is 2.29. The van der Waals surface area contributed by atoms with E-state index >= 15 is 0 Å². The number of carbonyl (C=O) groups is 1. The molecular weight excluding hydrogens is 208 g/mol. The molecule has 1 aromatic carbocycles. The second kappa shape index (κ2) is 6.12. The molecule has 0 aliphatic rings. The summed E-state index contributed by atoms with van der Waals surface area (Å²) in [7, 11) is 2.84. The summed E-state index contributed by atoms with van der Waals surface area (Å²) in [6.07, 6.45) is 1.40. The lowest BCUT2D eigenvalue weighted by Crippen LogP contribution is -2.05. The number of benzene rings is 1. The molecule has 0 aromatic heterocycles. The van der Waals surface area contributed by atoms with Crippen molar-refractivity contribution < 1.29 is 19.4 Å². The zero-order chi connectivity index (χ0) is 12.0. The molecule has 0 heterocycles. The number of rotatable bonds is 5. The number of methoxy groups -OCH3 is 2. The van der Waals surface area contributed by atoms with Crippen molar-refractivity contribution in [2.75, 3.05) is 20.8 Å². The molecule has 0 fully saturated rings. The van der Waals surface area contributed by atoms with Crippen LogP contribution in [-0.4, -0.2) is 31.9 Å². The van der Waals surface area contributed by atoms with Gasteiger partial charge in [0.15, 0.2) is 0 Å². The Morgan fingerprint density at radius 1 is 1.38 bits per heavy atom. The maximum atomic E-state index is 11.5. The minimum absolute atomic E-state index is 0.138. The lowest BCUT2D eigenvalue weighted by Gasteiger charge is -2.08. The highest BCUT2D eigenvalue weighted by Crippen LogP contribution is 2.21. The van der Waals surface area contributed by atoms with Crippen LogP contribution in [0.1, 0.15) is 22.3 Å². The number of hydrogen-bond donors (Lipinski definition) is 1. The van der Waals surface area contributed by atoms with E-state index < -0.39 is 5.97 Å². The third kappa shape index (κ3) is 2.97. The maximum Gasteiger partial charge on any atom is 0.341 e. The fourth-order valence-corrected chi connectivity index (χ4v) is 1.46. The molecule has 0 bridgehead atoms. The van der Waals surface area contributed by atoms with Crippen molar-refractivity contribution in [2.45, 2.75) is 12.8 Å². The van der Waals surface area contributed by atoms with Gasteiger partial charge in [0.2, 0.25) is 0 Å². The minimum atomic E-state index is -0.414. The summed E-state index contributed by atoms with van der Waals surface area (Å²) in [5.41, 5.74) is 1.40. The summed E-state index contributed by atoms with van der Waals surface area (Å²) in [4.78, 5) is 11.5. The van der Waals surface area contributed by atoms with Crippen molar-refractivity contribution in [1.82, 2.24) is 0 Å². The van der Waals surface area contributed by atoms with Crippen molar-refractivity contribution in [3.8, 4) is 5.75 Å². The van der Waals surface area contributed by atoms with Crippen LogP contribution >= 0.6 is 0 Å². The van der Waals surface area contributed by atoms with E-state index in [-0.39, 0.29) is 6.61 Å². The highest BCUT2D eigenvalue weighted by Gasteiger charge is 2.12. The summed E-state index contributed by atoms with van der Waals surface area (Å²) in [5, 5.41) is 8.74. The standard InChI is InChI=1S/C12H16O4/c1-15-11-6-5-9(4-3-7-13)8-10(11)12(14)16-2/h5-6,8,13H,3-4,7H2,1-2H3. The Labute approximate surface area is 94.8 Å². The van der Waals surface area contributed by atoms with Gasteiger partial charge < -0.3 is 14.6 Å². The first kappa shape index (κ1) is 12.5. The molecule has 1 aromatic rings. The van der Waals surface area contributed by atoms with Gasteiger partial charge in [-0.25, -0.2) is 4.79 Å². The number of hydrogen-bond acceptors (Lipinski definition) is 4. The molecule has 0 atom stereocenters. The highest BCUT2D eigenvalue weighted by atomic mass is 16.5. The third-order valence-corrected chi connectivity index (χ3v) is 2.29. The zero-order valence-corrected chi connectivity index (χ0v) is 9.53. The number of ether oxygens (including phenoxy) is 2. The Hall–Kier alpha value is -1.55. The molecule has 0 unspecified atom stereocenters. The fourth-order valence-electron chi connectivity index (χ4n) is 1.46. The summed E-state index contributed by atoms with van der Waals surface area (Å²) < 4.78 is 9.75. The van der Waals surface area contributed by atoms with E-state index in [9.17, 15) is 4.79 Å². The van der Waals surface area contributed by atoms with Crippen LogP contribution in [0.3, 0.4) is 0 Å². The lowest BCUT2D eigenvalue weighted by atomic mass is 10.1. The number of carbonyl (C=O) groups excluding carboxylic acids is 1. The molecule has 1 N–H and O–H groups in total. The van der Waals surface area contributed by atoms with Crippen LogP contribution in [0.25, 0.3) is 0 Å². The van der Waals surface area contributed by atoms with E-state index in [1.165, 1.54) is 14.2 Å². The molecule has 16 heavy (non-hydrogen) atoms. The van der Waals surface area contributed by atoms with Gasteiger partial charge in [0.25, 0.3) is 0 Å². The predicted octanol–water partition coefficient (Wildman–Crippen LogP) is 1.41. The highest BCUT2D eigenvalue weighted by molar-refractivity contribution is 5.92. The Morgan fingerprint density at radius 3 is 2.69 bits per heavy atom. The molecular formula is C12H16O4. The first-order chi connectivity index (χ1) is 7.72. The molecule has 0 aliphatic carbocycles. The van der Waals surface area contributed by atoms with Gasteiger partial charge in [0.05, 0.1) is 14.2 Å². The van der Waals surface area contributed by atoms with Crippen molar-refractivity contribution in [3.05, 3.63) is 29.3 Å². The number of aryl methyl sites for hydroxylation is 1. The van der Waals surface area contributed by atoms with E-state index in [2.05, 4.69) is 4.74 Å². The van der Waals surface area contributed by atoms with Crippen LogP contribution in [0.2, 0.25) is 0 Å². The summed E-state index contributed by atoms with van der Waals surface area (Å²) in [6, 6.07) is 5.35. The lowest BCUT2D eigenvalue weighted by molar-refractivity contribution is 0.0597. The average Bonchev–Trinajstić information content (AvgIpc) is 2.35. The predicted molar refractivity (Wildman–Crippen MR) is 59.7 cm³/mol. The summed E-state index contributed by atoms with van der Waals surface area (Å²) in [6.45, 7) is 0.138. The number of aliphatic hydroxyl groups excluding tert-OH is 1. The molecule has 0 saturated carbocycles. The Balaban J connectivity index is 2.96.